The van der Waals surface area contributed by atoms with Crippen LogP contribution in [-0.2, 0) is 6.54 Å². The lowest BCUT2D eigenvalue weighted by molar-refractivity contribution is 0.0943. The van der Waals surface area contributed by atoms with Gasteiger partial charge >= 0.3 is 0 Å². The molecule has 0 radical (unpaired) electrons. The molecule has 11 heteroatoms. The molecule has 1 atom stereocenters. The molecular formula is C23H26ClN5O5. The molecule has 3 heterocycles. The standard InChI is InChI=1S/C23H26ClN5O5/c1-34-19-5-4-14(9-18(19)24)12-29-20-15(10-17(22(29)33)21(32)25-6-8-30)11-26-23(27-20)28-7-2-3-16(28)13-31/h4-5,9-11,16,30-31H,2-3,6-8,12-13H2,1H3,(H,25,32). The molecule has 1 unspecified atom stereocenters. The molecular weight excluding hydrogens is 462 g/mol. The van der Waals surface area contributed by atoms with Crippen molar-refractivity contribution in [3.63, 3.8) is 0 Å². The molecule has 1 aliphatic heterocycles. The number of amides is 1. The fraction of sp³-hybridized carbons (Fsp3) is 0.391. The smallest absolute Gasteiger partial charge is 0.265 e. The number of benzene rings is 1. The van der Waals surface area contributed by atoms with E-state index in [0.717, 1.165) is 18.4 Å². The molecule has 3 aromatic rings. The molecule has 0 aliphatic carbocycles. The third-order valence-corrected chi connectivity index (χ3v) is 6.15. The second-order valence-corrected chi connectivity index (χ2v) is 8.43. The number of aromatic nitrogens is 3. The second kappa shape index (κ2) is 10.4. The number of methoxy groups -OCH3 is 1. The SMILES string of the molecule is COc1ccc(Cn2c(=O)c(C(=O)NCCO)cc3cnc(N4CCCC4CO)nc32)cc1Cl. The Morgan fingerprint density at radius 1 is 1.32 bits per heavy atom. The minimum atomic E-state index is -0.591. The van der Waals surface area contributed by atoms with Crippen LogP contribution in [0.2, 0.25) is 5.02 Å². The number of aliphatic hydroxyl groups excluding tert-OH is 2. The number of hydrogen-bond donors (Lipinski definition) is 3. The first-order valence-corrected chi connectivity index (χ1v) is 11.3. The van der Waals surface area contributed by atoms with Crippen LogP contribution in [0.25, 0.3) is 11.0 Å². The molecule has 4 rings (SSSR count). The molecule has 2 aromatic heterocycles. The minimum absolute atomic E-state index is 0.0114. The Morgan fingerprint density at radius 3 is 2.85 bits per heavy atom. The van der Waals surface area contributed by atoms with E-state index in [1.54, 1.807) is 24.4 Å². The van der Waals surface area contributed by atoms with Gasteiger partial charge in [-0.1, -0.05) is 17.7 Å². The summed E-state index contributed by atoms with van der Waals surface area (Å²) in [5.74, 6) is 0.335. The van der Waals surface area contributed by atoms with Crippen molar-refractivity contribution in [2.24, 2.45) is 0 Å². The van der Waals surface area contributed by atoms with Crippen LogP contribution in [0.4, 0.5) is 5.95 Å². The van der Waals surface area contributed by atoms with E-state index in [9.17, 15) is 14.7 Å². The van der Waals surface area contributed by atoms with Gasteiger partial charge in [-0.3, -0.25) is 14.2 Å². The van der Waals surface area contributed by atoms with Crippen molar-refractivity contribution in [3.05, 3.63) is 57.0 Å². The van der Waals surface area contributed by atoms with E-state index in [0.29, 0.717) is 34.3 Å². The van der Waals surface area contributed by atoms with Crippen LogP contribution in [0.3, 0.4) is 0 Å². The molecule has 1 aliphatic rings. The topological polar surface area (TPSA) is 130 Å². The van der Waals surface area contributed by atoms with Gasteiger partial charge in [0.05, 0.1) is 37.9 Å². The van der Waals surface area contributed by atoms with Gasteiger partial charge in [-0.15, -0.1) is 0 Å². The van der Waals surface area contributed by atoms with Gasteiger partial charge in [-0.25, -0.2) is 4.98 Å². The Kier molecular flexibility index (Phi) is 7.30. The lowest BCUT2D eigenvalue weighted by Gasteiger charge is -2.23. The highest BCUT2D eigenvalue weighted by atomic mass is 35.5. The average Bonchev–Trinajstić information content (AvgIpc) is 3.33. The number of aliphatic hydroxyl groups is 2. The first kappa shape index (κ1) is 23.9. The number of fused-ring (bicyclic) bond motifs is 1. The Labute approximate surface area is 200 Å². The lowest BCUT2D eigenvalue weighted by atomic mass is 10.1. The van der Waals surface area contributed by atoms with Gasteiger partial charge in [0.2, 0.25) is 5.95 Å². The van der Waals surface area contributed by atoms with E-state index in [-0.39, 0.29) is 37.9 Å². The van der Waals surface area contributed by atoms with E-state index in [1.807, 2.05) is 4.90 Å². The van der Waals surface area contributed by atoms with Gasteiger partial charge in [-0.2, -0.15) is 4.98 Å². The van der Waals surface area contributed by atoms with Crippen LogP contribution in [0.1, 0.15) is 28.8 Å². The summed E-state index contributed by atoms with van der Waals surface area (Å²) in [5.41, 5.74) is 0.479. The van der Waals surface area contributed by atoms with Crippen LogP contribution in [0.15, 0.2) is 35.3 Å². The van der Waals surface area contributed by atoms with Crippen molar-refractivity contribution in [3.8, 4) is 5.75 Å². The van der Waals surface area contributed by atoms with Gasteiger partial charge in [0.25, 0.3) is 11.5 Å². The van der Waals surface area contributed by atoms with E-state index in [1.165, 1.54) is 17.7 Å². The molecule has 0 bridgehead atoms. The van der Waals surface area contributed by atoms with E-state index in [2.05, 4.69) is 15.3 Å². The van der Waals surface area contributed by atoms with E-state index in [4.69, 9.17) is 21.4 Å². The summed E-state index contributed by atoms with van der Waals surface area (Å²) in [6.07, 6.45) is 3.32. The first-order chi connectivity index (χ1) is 16.5. The number of nitrogens with one attached hydrogen (secondary N) is 1. The summed E-state index contributed by atoms with van der Waals surface area (Å²) in [5, 5.41) is 22.2. The van der Waals surface area contributed by atoms with E-state index < -0.39 is 11.5 Å². The monoisotopic (exact) mass is 487 g/mol. The normalized spacial score (nSPS) is 15.6. The maximum absolute atomic E-state index is 13.4. The predicted molar refractivity (Wildman–Crippen MR) is 128 cm³/mol. The van der Waals surface area contributed by atoms with Crippen molar-refractivity contribution in [1.82, 2.24) is 19.9 Å². The summed E-state index contributed by atoms with van der Waals surface area (Å²) in [6, 6.07) is 6.56. The third kappa shape index (κ3) is 4.70. The van der Waals surface area contributed by atoms with Gasteiger partial charge in [0.15, 0.2) is 0 Å². The van der Waals surface area contributed by atoms with Crippen LogP contribution >= 0.6 is 11.6 Å². The fourth-order valence-electron chi connectivity index (χ4n) is 4.14. The van der Waals surface area contributed by atoms with Gasteiger partial charge in [-0.05, 0) is 36.6 Å². The number of anilines is 1. The largest absolute Gasteiger partial charge is 0.495 e. The Balaban J connectivity index is 1.84. The average molecular weight is 488 g/mol. The van der Waals surface area contributed by atoms with Crippen LogP contribution in [-0.4, -0.2) is 70.1 Å². The Bertz CT molecular complexity index is 1260. The van der Waals surface area contributed by atoms with Crippen LogP contribution in [0.5, 0.6) is 5.75 Å². The molecule has 0 saturated carbocycles. The number of rotatable bonds is 8. The van der Waals surface area contributed by atoms with Crippen molar-refractivity contribution < 1.29 is 19.7 Å². The lowest BCUT2D eigenvalue weighted by Crippen LogP contribution is -2.36. The maximum Gasteiger partial charge on any atom is 0.265 e. The third-order valence-electron chi connectivity index (χ3n) is 5.86. The number of ether oxygens (including phenoxy) is 1. The zero-order valence-corrected chi connectivity index (χ0v) is 19.5. The highest BCUT2D eigenvalue weighted by molar-refractivity contribution is 6.32. The van der Waals surface area contributed by atoms with Crippen molar-refractivity contribution in [2.75, 3.05) is 38.3 Å². The van der Waals surface area contributed by atoms with Gasteiger partial charge in [0.1, 0.15) is 17.0 Å². The quantitative estimate of drug-likeness (QED) is 0.432. The predicted octanol–water partition coefficient (Wildman–Crippen LogP) is 1.18. The Hall–Kier alpha value is -3.21. The molecule has 3 N–H and O–H groups in total. The number of nitrogens with zero attached hydrogens (tertiary/aromatic N) is 4. The van der Waals surface area contributed by atoms with Crippen molar-refractivity contribution in [1.29, 1.82) is 0 Å². The molecule has 1 amide bonds. The van der Waals surface area contributed by atoms with Crippen molar-refractivity contribution >= 4 is 34.5 Å². The fourth-order valence-corrected chi connectivity index (χ4v) is 4.42. The molecule has 34 heavy (non-hydrogen) atoms. The summed E-state index contributed by atoms with van der Waals surface area (Å²) < 4.78 is 6.62. The number of halogens is 1. The Morgan fingerprint density at radius 2 is 2.15 bits per heavy atom. The first-order valence-electron chi connectivity index (χ1n) is 11.0. The zero-order valence-electron chi connectivity index (χ0n) is 18.7. The summed E-state index contributed by atoms with van der Waals surface area (Å²) in [7, 11) is 1.52. The number of pyridine rings is 1. The molecule has 180 valence electrons. The zero-order chi connectivity index (χ0) is 24.2. The minimum Gasteiger partial charge on any atom is -0.495 e. The summed E-state index contributed by atoms with van der Waals surface area (Å²) in [4.78, 5) is 37.1. The molecule has 1 fully saturated rings. The molecule has 10 nitrogen and oxygen atoms in total. The number of carbonyl (C=O) groups excluding carboxylic acids is 1. The molecule has 1 saturated heterocycles. The summed E-state index contributed by atoms with van der Waals surface area (Å²) in [6.45, 7) is 0.586. The van der Waals surface area contributed by atoms with Gasteiger partial charge < -0.3 is 25.2 Å². The van der Waals surface area contributed by atoms with E-state index >= 15 is 0 Å². The highest BCUT2D eigenvalue weighted by Crippen LogP contribution is 2.27. The highest BCUT2D eigenvalue weighted by Gasteiger charge is 2.27. The number of hydrogen-bond acceptors (Lipinski definition) is 8. The maximum atomic E-state index is 13.4. The van der Waals surface area contributed by atoms with Crippen LogP contribution in [0, 0.1) is 0 Å². The molecule has 1 aromatic carbocycles. The second-order valence-electron chi connectivity index (χ2n) is 8.02. The van der Waals surface area contributed by atoms with Gasteiger partial charge in [0, 0.05) is 24.7 Å². The van der Waals surface area contributed by atoms with Crippen molar-refractivity contribution in [2.45, 2.75) is 25.4 Å². The number of carbonyl (C=O) groups is 1. The molecule has 0 spiro atoms. The van der Waals surface area contributed by atoms with Crippen LogP contribution < -0.4 is 20.5 Å². The summed E-state index contributed by atoms with van der Waals surface area (Å²) >= 11 is 6.28.